The molecule has 0 aromatic carbocycles. The number of hydrogen-bond donors (Lipinski definition) is 2. The van der Waals surface area contributed by atoms with Crippen LogP contribution >= 0.6 is 0 Å². The summed E-state index contributed by atoms with van der Waals surface area (Å²) in [5.41, 5.74) is 0. The molecule has 2 atom stereocenters. The standard InChI is InChI=1S/C14H29NO/c1-4-14(11(2)3)15-10-13(16)9-12-7-5-6-8-12/h11-16H,4-10H2,1-3H3. The Balaban J connectivity index is 2.15. The van der Waals surface area contributed by atoms with Gasteiger partial charge in [-0.15, -0.1) is 0 Å². The second-order valence-electron chi connectivity index (χ2n) is 5.71. The molecule has 96 valence electrons. The van der Waals surface area contributed by atoms with Crippen LogP contribution in [0.3, 0.4) is 0 Å². The molecule has 1 aliphatic carbocycles. The highest BCUT2D eigenvalue weighted by Crippen LogP contribution is 2.28. The average Bonchev–Trinajstić information content (AvgIpc) is 2.70. The molecule has 1 rings (SSSR count). The topological polar surface area (TPSA) is 32.3 Å². The van der Waals surface area contributed by atoms with E-state index in [1.807, 2.05) is 0 Å². The highest BCUT2D eigenvalue weighted by atomic mass is 16.3. The van der Waals surface area contributed by atoms with Crippen LogP contribution in [-0.4, -0.2) is 23.8 Å². The average molecular weight is 227 g/mol. The second-order valence-corrected chi connectivity index (χ2v) is 5.71. The summed E-state index contributed by atoms with van der Waals surface area (Å²) in [7, 11) is 0. The Morgan fingerprint density at radius 2 is 1.88 bits per heavy atom. The molecule has 0 heterocycles. The minimum Gasteiger partial charge on any atom is -0.392 e. The van der Waals surface area contributed by atoms with E-state index in [2.05, 4.69) is 26.1 Å². The molecular formula is C14H29NO. The van der Waals surface area contributed by atoms with Crippen LogP contribution in [0.5, 0.6) is 0 Å². The van der Waals surface area contributed by atoms with Crippen LogP contribution in [0.15, 0.2) is 0 Å². The van der Waals surface area contributed by atoms with E-state index in [0.29, 0.717) is 12.0 Å². The molecule has 0 saturated heterocycles. The highest BCUT2D eigenvalue weighted by Gasteiger charge is 2.19. The van der Waals surface area contributed by atoms with Gasteiger partial charge in [-0.05, 0) is 24.7 Å². The zero-order valence-electron chi connectivity index (χ0n) is 11.2. The molecule has 16 heavy (non-hydrogen) atoms. The van der Waals surface area contributed by atoms with E-state index < -0.39 is 0 Å². The van der Waals surface area contributed by atoms with Gasteiger partial charge < -0.3 is 10.4 Å². The van der Waals surface area contributed by atoms with E-state index >= 15 is 0 Å². The fraction of sp³-hybridized carbons (Fsp3) is 1.00. The van der Waals surface area contributed by atoms with Crippen LogP contribution in [0.25, 0.3) is 0 Å². The van der Waals surface area contributed by atoms with Gasteiger partial charge in [-0.2, -0.15) is 0 Å². The molecule has 0 aliphatic heterocycles. The zero-order valence-corrected chi connectivity index (χ0v) is 11.2. The van der Waals surface area contributed by atoms with Gasteiger partial charge in [0.05, 0.1) is 6.10 Å². The lowest BCUT2D eigenvalue weighted by atomic mass is 9.98. The molecule has 2 N–H and O–H groups in total. The lowest BCUT2D eigenvalue weighted by molar-refractivity contribution is 0.133. The van der Waals surface area contributed by atoms with Crippen LogP contribution in [0.2, 0.25) is 0 Å². The van der Waals surface area contributed by atoms with Gasteiger partial charge in [-0.3, -0.25) is 0 Å². The maximum Gasteiger partial charge on any atom is 0.0667 e. The molecule has 1 saturated carbocycles. The van der Waals surface area contributed by atoms with Gasteiger partial charge in [0.2, 0.25) is 0 Å². The van der Waals surface area contributed by atoms with Crippen molar-refractivity contribution in [3.63, 3.8) is 0 Å². The molecule has 1 fully saturated rings. The highest BCUT2D eigenvalue weighted by molar-refractivity contribution is 4.75. The zero-order chi connectivity index (χ0) is 12.0. The van der Waals surface area contributed by atoms with Crippen molar-refractivity contribution >= 4 is 0 Å². The molecule has 2 unspecified atom stereocenters. The summed E-state index contributed by atoms with van der Waals surface area (Å²) in [5.74, 6) is 1.44. The van der Waals surface area contributed by atoms with Gasteiger partial charge in [-0.25, -0.2) is 0 Å². The summed E-state index contributed by atoms with van der Waals surface area (Å²) in [5, 5.41) is 13.5. The molecule has 0 spiro atoms. The number of aliphatic hydroxyl groups is 1. The van der Waals surface area contributed by atoms with Crippen LogP contribution < -0.4 is 5.32 Å². The van der Waals surface area contributed by atoms with Gasteiger partial charge in [0, 0.05) is 12.6 Å². The molecule has 0 amide bonds. The monoisotopic (exact) mass is 227 g/mol. The minimum atomic E-state index is -0.143. The van der Waals surface area contributed by atoms with Gasteiger partial charge in [0.25, 0.3) is 0 Å². The fourth-order valence-corrected chi connectivity index (χ4v) is 2.85. The van der Waals surface area contributed by atoms with Crippen molar-refractivity contribution in [1.29, 1.82) is 0 Å². The Bertz CT molecular complexity index is 176. The molecule has 0 aromatic heterocycles. The second kappa shape index (κ2) is 7.29. The molecule has 2 heteroatoms. The SMILES string of the molecule is CCC(NCC(O)CC1CCCC1)C(C)C. The normalized spacial score (nSPS) is 21.6. The quantitative estimate of drug-likeness (QED) is 0.701. The third-order valence-corrected chi connectivity index (χ3v) is 3.94. The van der Waals surface area contributed by atoms with Crippen molar-refractivity contribution in [3.05, 3.63) is 0 Å². The molecule has 2 nitrogen and oxygen atoms in total. The lowest BCUT2D eigenvalue weighted by Crippen LogP contribution is -2.38. The molecule has 0 radical (unpaired) electrons. The van der Waals surface area contributed by atoms with E-state index in [9.17, 15) is 5.11 Å². The first-order valence-corrected chi connectivity index (χ1v) is 7.05. The Labute approximate surface area is 101 Å². The van der Waals surface area contributed by atoms with Crippen molar-refractivity contribution in [1.82, 2.24) is 5.32 Å². The van der Waals surface area contributed by atoms with Gasteiger partial charge >= 0.3 is 0 Å². The molecule has 0 bridgehead atoms. The summed E-state index contributed by atoms with van der Waals surface area (Å²) in [6, 6.07) is 0.554. The van der Waals surface area contributed by atoms with Crippen molar-refractivity contribution in [2.45, 2.75) is 71.4 Å². The molecule has 0 aromatic rings. The van der Waals surface area contributed by atoms with Crippen molar-refractivity contribution < 1.29 is 5.11 Å². The summed E-state index contributed by atoms with van der Waals surface area (Å²) in [4.78, 5) is 0. The predicted molar refractivity (Wildman–Crippen MR) is 69.5 cm³/mol. The van der Waals surface area contributed by atoms with Crippen molar-refractivity contribution in [2.75, 3.05) is 6.54 Å². The fourth-order valence-electron chi connectivity index (χ4n) is 2.85. The summed E-state index contributed by atoms with van der Waals surface area (Å²) in [6.45, 7) is 7.46. The first kappa shape index (κ1) is 14.0. The summed E-state index contributed by atoms with van der Waals surface area (Å²) in [6.07, 6.45) is 7.41. The Kier molecular flexibility index (Phi) is 6.37. The molecular weight excluding hydrogens is 198 g/mol. The maximum absolute atomic E-state index is 9.97. The largest absolute Gasteiger partial charge is 0.392 e. The van der Waals surface area contributed by atoms with Gasteiger partial charge in [0.15, 0.2) is 0 Å². The van der Waals surface area contributed by atoms with Crippen molar-refractivity contribution in [2.24, 2.45) is 11.8 Å². The van der Waals surface area contributed by atoms with Crippen LogP contribution in [-0.2, 0) is 0 Å². The Morgan fingerprint density at radius 3 is 2.38 bits per heavy atom. The number of rotatable bonds is 7. The van der Waals surface area contributed by atoms with Crippen molar-refractivity contribution in [3.8, 4) is 0 Å². The number of nitrogens with one attached hydrogen (secondary N) is 1. The van der Waals surface area contributed by atoms with Gasteiger partial charge in [-0.1, -0.05) is 46.5 Å². The lowest BCUT2D eigenvalue weighted by Gasteiger charge is -2.23. The number of aliphatic hydroxyl groups excluding tert-OH is 1. The van der Waals surface area contributed by atoms with E-state index in [1.165, 1.54) is 25.7 Å². The number of hydrogen-bond acceptors (Lipinski definition) is 2. The van der Waals surface area contributed by atoms with E-state index in [4.69, 9.17) is 0 Å². The third-order valence-electron chi connectivity index (χ3n) is 3.94. The first-order chi connectivity index (χ1) is 7.63. The first-order valence-electron chi connectivity index (χ1n) is 7.05. The van der Waals surface area contributed by atoms with E-state index in [-0.39, 0.29) is 6.10 Å². The summed E-state index contributed by atoms with van der Waals surface area (Å²) >= 11 is 0. The van der Waals surface area contributed by atoms with E-state index in [0.717, 1.165) is 25.3 Å². The van der Waals surface area contributed by atoms with E-state index in [1.54, 1.807) is 0 Å². The maximum atomic E-state index is 9.97. The predicted octanol–water partition coefficient (Wildman–Crippen LogP) is 2.95. The third kappa shape index (κ3) is 4.84. The van der Waals surface area contributed by atoms with Crippen LogP contribution in [0, 0.1) is 11.8 Å². The Hall–Kier alpha value is -0.0800. The minimum absolute atomic E-state index is 0.143. The van der Waals surface area contributed by atoms with Crippen LogP contribution in [0.1, 0.15) is 59.3 Å². The smallest absolute Gasteiger partial charge is 0.0667 e. The Morgan fingerprint density at radius 1 is 1.25 bits per heavy atom. The van der Waals surface area contributed by atoms with Gasteiger partial charge in [0.1, 0.15) is 0 Å². The summed E-state index contributed by atoms with van der Waals surface area (Å²) < 4.78 is 0. The van der Waals surface area contributed by atoms with Crippen LogP contribution in [0.4, 0.5) is 0 Å². The molecule has 1 aliphatic rings.